The van der Waals surface area contributed by atoms with Crippen LogP contribution in [0.2, 0.25) is 0 Å². The lowest BCUT2D eigenvalue weighted by molar-refractivity contribution is -0.140. The molecule has 142 valence electrons. The van der Waals surface area contributed by atoms with Gasteiger partial charge in [-0.05, 0) is 81.1 Å². The molecule has 2 unspecified atom stereocenters. The predicted octanol–water partition coefficient (Wildman–Crippen LogP) is 3.25. The van der Waals surface area contributed by atoms with Crippen LogP contribution in [-0.2, 0) is 4.79 Å². The van der Waals surface area contributed by atoms with Gasteiger partial charge in [-0.25, -0.2) is 4.79 Å². The van der Waals surface area contributed by atoms with Gasteiger partial charge in [-0.15, -0.1) is 0 Å². The smallest absolute Gasteiger partial charge is 0.328 e. The fraction of sp³-hybridized carbons (Fsp3) is 0.750. The highest BCUT2D eigenvalue weighted by molar-refractivity contribution is 5.92. The van der Waals surface area contributed by atoms with Crippen molar-refractivity contribution in [2.45, 2.75) is 70.9 Å². The van der Waals surface area contributed by atoms with Gasteiger partial charge < -0.3 is 10.4 Å². The van der Waals surface area contributed by atoms with Gasteiger partial charge in [0.1, 0.15) is 11.7 Å². The minimum atomic E-state index is -0.958. The Bertz CT molecular complexity index is 676. The molecule has 0 aromatic carbocycles. The molecule has 4 saturated carbocycles. The number of carboxylic acid groups (broad SMARTS) is 1. The van der Waals surface area contributed by atoms with Crippen LogP contribution >= 0.6 is 0 Å². The summed E-state index contributed by atoms with van der Waals surface area (Å²) in [6.07, 6.45) is 10.4. The quantitative estimate of drug-likeness (QED) is 0.816. The highest BCUT2D eigenvalue weighted by atomic mass is 16.4. The Morgan fingerprint density at radius 3 is 2.35 bits per heavy atom. The van der Waals surface area contributed by atoms with Crippen molar-refractivity contribution in [3.05, 3.63) is 18.0 Å². The van der Waals surface area contributed by atoms with Gasteiger partial charge in [0.15, 0.2) is 0 Å². The van der Waals surface area contributed by atoms with Crippen LogP contribution in [0.1, 0.15) is 75.3 Å². The summed E-state index contributed by atoms with van der Waals surface area (Å²) in [5, 5.41) is 16.5. The summed E-state index contributed by atoms with van der Waals surface area (Å²) in [5.74, 6) is 1.41. The lowest BCUT2D eigenvalue weighted by Crippen LogP contribution is -2.56. The summed E-state index contributed by atoms with van der Waals surface area (Å²) < 4.78 is 1.34. The van der Waals surface area contributed by atoms with E-state index in [9.17, 15) is 9.59 Å². The van der Waals surface area contributed by atoms with Crippen molar-refractivity contribution >= 4 is 11.9 Å². The Balaban J connectivity index is 1.49. The molecule has 5 rings (SSSR count). The van der Waals surface area contributed by atoms with E-state index in [4.69, 9.17) is 5.11 Å². The molecule has 0 saturated heterocycles. The molecule has 1 heterocycles. The number of rotatable bonds is 6. The van der Waals surface area contributed by atoms with Crippen LogP contribution in [0.4, 0.5) is 0 Å². The van der Waals surface area contributed by atoms with Crippen molar-refractivity contribution < 1.29 is 14.7 Å². The first kappa shape index (κ1) is 17.6. The molecule has 1 amide bonds. The second-order valence-corrected chi connectivity index (χ2v) is 8.91. The molecule has 1 aromatic rings. The number of nitrogens with one attached hydrogen (secondary N) is 1. The highest BCUT2D eigenvalue weighted by Crippen LogP contribution is 2.61. The molecule has 0 aliphatic heterocycles. The first-order valence-corrected chi connectivity index (χ1v) is 9.99. The lowest BCUT2D eigenvalue weighted by atomic mass is 9.47. The second kappa shape index (κ2) is 6.39. The molecular weight excluding hydrogens is 330 g/mol. The first-order chi connectivity index (χ1) is 12.4. The zero-order valence-corrected chi connectivity index (χ0v) is 15.6. The standard InChI is InChI=1S/C20H29N3O3/c1-3-17(20-9-13-6-14(10-20)8-15(7-13)11-20)21-18(24)16-4-5-23(22-16)12(2)19(25)26/h4-5,12-15,17H,3,6-11H2,1-2H3,(H,21,24)(H,25,26). The van der Waals surface area contributed by atoms with Gasteiger partial charge in [0.05, 0.1) is 0 Å². The van der Waals surface area contributed by atoms with Gasteiger partial charge in [-0.2, -0.15) is 5.10 Å². The number of carboxylic acids is 1. The number of hydrogen-bond acceptors (Lipinski definition) is 3. The van der Waals surface area contributed by atoms with E-state index in [1.165, 1.54) is 43.2 Å². The fourth-order valence-electron chi connectivity index (χ4n) is 6.31. The average Bonchev–Trinajstić information content (AvgIpc) is 3.07. The molecule has 6 heteroatoms. The van der Waals surface area contributed by atoms with E-state index in [-0.39, 0.29) is 17.4 Å². The number of carbonyl (C=O) groups excluding carboxylic acids is 1. The Morgan fingerprint density at radius 2 is 1.85 bits per heavy atom. The van der Waals surface area contributed by atoms with Crippen molar-refractivity contribution in [3.63, 3.8) is 0 Å². The van der Waals surface area contributed by atoms with Crippen LogP contribution in [0, 0.1) is 23.2 Å². The van der Waals surface area contributed by atoms with Crippen molar-refractivity contribution in [1.82, 2.24) is 15.1 Å². The molecule has 2 atom stereocenters. The molecule has 0 spiro atoms. The van der Waals surface area contributed by atoms with Crippen molar-refractivity contribution in [2.75, 3.05) is 0 Å². The molecular formula is C20H29N3O3. The van der Waals surface area contributed by atoms with Crippen molar-refractivity contribution in [1.29, 1.82) is 0 Å². The normalized spacial score (nSPS) is 34.5. The van der Waals surface area contributed by atoms with Crippen LogP contribution < -0.4 is 5.32 Å². The average molecular weight is 359 g/mol. The van der Waals surface area contributed by atoms with Crippen LogP contribution in [0.3, 0.4) is 0 Å². The number of aromatic nitrogens is 2. The molecule has 4 bridgehead atoms. The molecule has 4 fully saturated rings. The molecule has 0 radical (unpaired) electrons. The van der Waals surface area contributed by atoms with E-state index < -0.39 is 12.0 Å². The summed E-state index contributed by atoms with van der Waals surface area (Å²) >= 11 is 0. The van der Waals surface area contributed by atoms with Gasteiger partial charge in [-0.3, -0.25) is 9.48 Å². The zero-order valence-electron chi connectivity index (χ0n) is 15.6. The molecule has 6 nitrogen and oxygen atoms in total. The summed E-state index contributed by atoms with van der Waals surface area (Å²) in [6.45, 7) is 3.72. The van der Waals surface area contributed by atoms with E-state index in [0.717, 1.165) is 24.2 Å². The third kappa shape index (κ3) is 2.93. The Morgan fingerprint density at radius 1 is 1.27 bits per heavy atom. The fourth-order valence-corrected chi connectivity index (χ4v) is 6.31. The molecule has 2 N–H and O–H groups in total. The minimum absolute atomic E-state index is 0.177. The largest absolute Gasteiger partial charge is 0.480 e. The summed E-state index contributed by atoms with van der Waals surface area (Å²) in [5.41, 5.74) is 0.567. The molecule has 26 heavy (non-hydrogen) atoms. The van der Waals surface area contributed by atoms with Gasteiger partial charge in [-0.1, -0.05) is 6.92 Å². The van der Waals surface area contributed by atoms with Crippen LogP contribution in [0.25, 0.3) is 0 Å². The third-order valence-electron chi connectivity index (χ3n) is 7.13. The van der Waals surface area contributed by atoms with Crippen LogP contribution in [0.15, 0.2) is 12.3 Å². The van der Waals surface area contributed by atoms with E-state index in [0.29, 0.717) is 5.69 Å². The van der Waals surface area contributed by atoms with E-state index in [2.05, 4.69) is 17.3 Å². The Labute approximate surface area is 154 Å². The molecule has 1 aromatic heterocycles. The lowest BCUT2D eigenvalue weighted by Gasteiger charge is -2.59. The van der Waals surface area contributed by atoms with Crippen molar-refractivity contribution in [2.24, 2.45) is 23.2 Å². The zero-order chi connectivity index (χ0) is 18.5. The van der Waals surface area contributed by atoms with Gasteiger partial charge in [0, 0.05) is 12.2 Å². The SMILES string of the molecule is CCC(NC(=O)c1ccn(C(C)C(=O)O)n1)C12CC3CC(CC(C3)C1)C2. The minimum Gasteiger partial charge on any atom is -0.480 e. The molecule has 4 aliphatic rings. The molecule has 4 aliphatic carbocycles. The van der Waals surface area contributed by atoms with E-state index in [1.54, 1.807) is 19.2 Å². The topological polar surface area (TPSA) is 84.2 Å². The van der Waals surface area contributed by atoms with Gasteiger partial charge >= 0.3 is 5.97 Å². The number of carbonyl (C=O) groups is 2. The maximum atomic E-state index is 12.8. The summed E-state index contributed by atoms with van der Waals surface area (Å²) in [4.78, 5) is 23.9. The summed E-state index contributed by atoms with van der Waals surface area (Å²) in [6, 6.07) is 1.02. The second-order valence-electron chi connectivity index (χ2n) is 8.91. The monoisotopic (exact) mass is 359 g/mol. The third-order valence-corrected chi connectivity index (χ3v) is 7.13. The maximum absolute atomic E-state index is 12.8. The van der Waals surface area contributed by atoms with E-state index in [1.807, 2.05) is 0 Å². The maximum Gasteiger partial charge on any atom is 0.328 e. The van der Waals surface area contributed by atoms with E-state index >= 15 is 0 Å². The summed E-state index contributed by atoms with van der Waals surface area (Å²) in [7, 11) is 0. The van der Waals surface area contributed by atoms with Crippen LogP contribution in [-0.4, -0.2) is 32.8 Å². The Kier molecular flexibility index (Phi) is 4.32. The first-order valence-electron chi connectivity index (χ1n) is 9.99. The van der Waals surface area contributed by atoms with Crippen LogP contribution in [0.5, 0.6) is 0 Å². The Hall–Kier alpha value is -1.85. The van der Waals surface area contributed by atoms with Gasteiger partial charge in [0.2, 0.25) is 0 Å². The van der Waals surface area contributed by atoms with Gasteiger partial charge in [0.25, 0.3) is 5.91 Å². The van der Waals surface area contributed by atoms with Crippen molar-refractivity contribution in [3.8, 4) is 0 Å². The number of amides is 1. The highest BCUT2D eigenvalue weighted by Gasteiger charge is 2.54. The number of hydrogen-bond donors (Lipinski definition) is 2. The predicted molar refractivity (Wildman–Crippen MR) is 96.7 cm³/mol. The number of aliphatic carboxylic acids is 1. The number of nitrogens with zero attached hydrogens (tertiary/aromatic N) is 2.